The summed E-state index contributed by atoms with van der Waals surface area (Å²) in [5.74, 6) is -1.37. The molecule has 1 atom stereocenters. The summed E-state index contributed by atoms with van der Waals surface area (Å²) < 4.78 is 6.42. The van der Waals surface area contributed by atoms with Crippen LogP contribution < -0.4 is 0 Å². The van der Waals surface area contributed by atoms with Crippen LogP contribution in [-0.2, 0) is 25.5 Å². The first kappa shape index (κ1) is 16.7. The highest BCUT2D eigenvalue weighted by Gasteiger charge is 2.29. The van der Waals surface area contributed by atoms with Crippen LogP contribution in [0.1, 0.15) is 24.4 Å². The van der Waals surface area contributed by atoms with Crippen molar-refractivity contribution in [1.29, 1.82) is 0 Å². The molecule has 0 radical (unpaired) electrons. The number of carbonyl (C=O) groups excluding carboxylic acids is 3. The van der Waals surface area contributed by atoms with E-state index in [4.69, 9.17) is 4.74 Å². The number of amides is 2. The smallest absolute Gasteiger partial charge is 0.331 e. The second kappa shape index (κ2) is 7.65. The number of hydrogen-bond donors (Lipinski definition) is 0. The van der Waals surface area contributed by atoms with Crippen molar-refractivity contribution in [2.75, 3.05) is 13.2 Å². The molecule has 1 fully saturated rings. The minimum absolute atomic E-state index is 0.234. The van der Waals surface area contributed by atoms with Crippen LogP contribution in [-0.4, -0.2) is 56.0 Å². The molecule has 1 aromatic carbocycles. The topological polar surface area (TPSA) is 107 Å². The van der Waals surface area contributed by atoms with E-state index < -0.39 is 24.5 Å². The Hall–Kier alpha value is -3.10. The van der Waals surface area contributed by atoms with Gasteiger partial charge in [0.1, 0.15) is 6.33 Å². The number of imide groups is 1. The molecule has 0 saturated carbocycles. The van der Waals surface area contributed by atoms with Gasteiger partial charge in [0.05, 0.1) is 0 Å². The van der Waals surface area contributed by atoms with Crippen molar-refractivity contribution in [2.24, 2.45) is 0 Å². The summed E-state index contributed by atoms with van der Waals surface area (Å²) in [6, 6.07) is 8.55. The van der Waals surface area contributed by atoms with E-state index in [2.05, 4.69) is 15.5 Å². The van der Waals surface area contributed by atoms with E-state index >= 15 is 0 Å². The van der Waals surface area contributed by atoms with E-state index in [0.717, 1.165) is 10.5 Å². The van der Waals surface area contributed by atoms with Crippen molar-refractivity contribution in [1.82, 2.24) is 25.1 Å². The Morgan fingerprint density at radius 2 is 2.04 bits per heavy atom. The van der Waals surface area contributed by atoms with Gasteiger partial charge in [0.15, 0.2) is 12.6 Å². The molecule has 2 amide bonds. The van der Waals surface area contributed by atoms with Crippen LogP contribution in [0.2, 0.25) is 0 Å². The van der Waals surface area contributed by atoms with Gasteiger partial charge in [-0.2, -0.15) is 0 Å². The van der Waals surface area contributed by atoms with E-state index in [0.29, 0.717) is 25.8 Å². The van der Waals surface area contributed by atoms with Crippen LogP contribution in [0.25, 0.3) is 0 Å². The van der Waals surface area contributed by atoms with Crippen LogP contribution in [0.15, 0.2) is 36.7 Å². The molecular weight excluding hydrogens is 326 g/mol. The predicted octanol–water partition coefficient (Wildman–Crippen LogP) is 0.149. The van der Waals surface area contributed by atoms with Gasteiger partial charge in [-0.3, -0.25) is 14.5 Å². The van der Waals surface area contributed by atoms with Crippen LogP contribution in [0, 0.1) is 0 Å². The fourth-order valence-electron chi connectivity index (χ4n) is 2.65. The molecule has 3 rings (SSSR count). The summed E-state index contributed by atoms with van der Waals surface area (Å²) in [7, 11) is 0. The van der Waals surface area contributed by atoms with Crippen molar-refractivity contribution in [3.8, 4) is 0 Å². The summed E-state index contributed by atoms with van der Waals surface area (Å²) in [5.41, 5.74) is 0.904. The van der Waals surface area contributed by atoms with E-state index in [1.807, 2.05) is 30.3 Å². The van der Waals surface area contributed by atoms with E-state index in [1.54, 1.807) is 0 Å². The summed E-state index contributed by atoms with van der Waals surface area (Å²) in [6.45, 7) is -0.104. The fourth-order valence-corrected chi connectivity index (χ4v) is 2.65. The minimum atomic E-state index is -0.792. The van der Waals surface area contributed by atoms with Gasteiger partial charge in [-0.25, -0.2) is 9.48 Å². The van der Waals surface area contributed by atoms with Crippen molar-refractivity contribution >= 4 is 17.8 Å². The molecular formula is C16H17N5O4. The molecule has 25 heavy (non-hydrogen) atoms. The second-order valence-corrected chi connectivity index (χ2v) is 5.65. The van der Waals surface area contributed by atoms with E-state index in [1.165, 1.54) is 11.0 Å². The van der Waals surface area contributed by atoms with Crippen molar-refractivity contribution < 1.29 is 19.1 Å². The van der Waals surface area contributed by atoms with Gasteiger partial charge in [-0.1, -0.05) is 30.3 Å². The number of hydrogen-bond acceptors (Lipinski definition) is 7. The molecule has 0 spiro atoms. The van der Waals surface area contributed by atoms with Crippen LogP contribution >= 0.6 is 0 Å². The Kier molecular flexibility index (Phi) is 5.12. The maximum Gasteiger partial charge on any atom is 0.331 e. The van der Waals surface area contributed by atoms with Gasteiger partial charge in [-0.05, 0) is 22.4 Å². The van der Waals surface area contributed by atoms with Crippen molar-refractivity contribution in [2.45, 2.75) is 25.3 Å². The molecule has 1 aromatic heterocycles. The van der Waals surface area contributed by atoms with Gasteiger partial charge < -0.3 is 4.74 Å². The third-order valence-electron chi connectivity index (χ3n) is 3.94. The lowest BCUT2D eigenvalue weighted by Gasteiger charge is -2.17. The summed E-state index contributed by atoms with van der Waals surface area (Å²) in [6.07, 6.45) is 2.63. The zero-order valence-corrected chi connectivity index (χ0v) is 13.4. The van der Waals surface area contributed by atoms with Gasteiger partial charge in [0.25, 0.3) is 5.91 Å². The number of benzene rings is 1. The molecule has 9 heteroatoms. The van der Waals surface area contributed by atoms with Crippen LogP contribution in [0.3, 0.4) is 0 Å². The van der Waals surface area contributed by atoms with Gasteiger partial charge in [0.2, 0.25) is 5.91 Å². The third-order valence-corrected chi connectivity index (χ3v) is 3.94. The number of nitrogens with zero attached hydrogens (tertiary/aromatic N) is 5. The maximum atomic E-state index is 12.5. The lowest BCUT2D eigenvalue weighted by molar-refractivity contribution is -0.157. The second-order valence-electron chi connectivity index (χ2n) is 5.65. The zero-order chi connectivity index (χ0) is 17.6. The van der Waals surface area contributed by atoms with Gasteiger partial charge in [0, 0.05) is 19.4 Å². The van der Waals surface area contributed by atoms with Crippen molar-refractivity contribution in [3.63, 3.8) is 0 Å². The molecule has 0 N–H and O–H groups in total. The number of esters is 1. The quantitative estimate of drug-likeness (QED) is 0.687. The minimum Gasteiger partial charge on any atom is -0.454 e. The summed E-state index contributed by atoms with van der Waals surface area (Å²) >= 11 is 0. The van der Waals surface area contributed by atoms with Crippen LogP contribution in [0.5, 0.6) is 0 Å². The summed E-state index contributed by atoms with van der Waals surface area (Å²) in [4.78, 5) is 37.1. The average Bonchev–Trinajstić information content (AvgIpc) is 3.30. The average molecular weight is 343 g/mol. The lowest BCUT2D eigenvalue weighted by atomic mass is 10.1. The lowest BCUT2D eigenvalue weighted by Crippen LogP contribution is -2.36. The number of tetrazole rings is 1. The van der Waals surface area contributed by atoms with Gasteiger partial charge >= 0.3 is 5.97 Å². The first-order valence-corrected chi connectivity index (χ1v) is 7.91. The SMILES string of the molecule is O=C(OCC(=O)N1CCCC1=O)[C@@H](Cc1ccccc1)n1cnnn1. The number of likely N-dealkylation sites (tertiary alicyclic amines) is 1. The standard InChI is InChI=1S/C16H17N5O4/c22-14-7-4-8-20(14)15(23)10-25-16(24)13(21-11-17-18-19-21)9-12-5-2-1-3-6-12/h1-3,5-6,11,13H,4,7-10H2/t13-/m1/s1. The molecule has 9 nitrogen and oxygen atoms in total. The number of rotatable bonds is 6. The van der Waals surface area contributed by atoms with Crippen LogP contribution in [0.4, 0.5) is 0 Å². The molecule has 1 saturated heterocycles. The Bertz CT molecular complexity index is 747. The highest BCUT2D eigenvalue weighted by Crippen LogP contribution is 2.15. The molecule has 130 valence electrons. The first-order chi connectivity index (χ1) is 12.1. The highest BCUT2D eigenvalue weighted by atomic mass is 16.5. The molecule has 1 aliphatic heterocycles. The van der Waals surface area contributed by atoms with E-state index in [-0.39, 0.29) is 5.91 Å². The number of ether oxygens (including phenoxy) is 1. The fraction of sp³-hybridized carbons (Fsp3) is 0.375. The summed E-state index contributed by atoms with van der Waals surface area (Å²) in [5, 5.41) is 10.8. The molecule has 1 aliphatic rings. The van der Waals surface area contributed by atoms with E-state index in [9.17, 15) is 14.4 Å². The highest BCUT2D eigenvalue weighted by molar-refractivity contribution is 5.97. The zero-order valence-electron chi connectivity index (χ0n) is 13.4. The molecule has 0 aliphatic carbocycles. The Morgan fingerprint density at radius 1 is 1.24 bits per heavy atom. The third kappa shape index (κ3) is 4.06. The molecule has 0 unspecified atom stereocenters. The molecule has 2 aromatic rings. The van der Waals surface area contributed by atoms with Gasteiger partial charge in [-0.15, -0.1) is 5.10 Å². The molecule has 0 bridgehead atoms. The largest absolute Gasteiger partial charge is 0.454 e. The first-order valence-electron chi connectivity index (χ1n) is 7.91. The number of aromatic nitrogens is 4. The Labute approximate surface area is 143 Å². The Balaban J connectivity index is 1.65. The molecule has 2 heterocycles. The number of carbonyl (C=O) groups is 3. The normalized spacial score (nSPS) is 15.2. The monoisotopic (exact) mass is 343 g/mol. The van der Waals surface area contributed by atoms with Crippen molar-refractivity contribution in [3.05, 3.63) is 42.2 Å². The predicted molar refractivity (Wildman–Crippen MR) is 83.9 cm³/mol. The maximum absolute atomic E-state index is 12.5. The Morgan fingerprint density at radius 3 is 2.68 bits per heavy atom.